The van der Waals surface area contributed by atoms with Gasteiger partial charge in [-0.15, -0.1) is 11.3 Å². The molecule has 1 aromatic rings. The molecule has 1 heterocycles. The molecule has 0 radical (unpaired) electrons. The third-order valence-electron chi connectivity index (χ3n) is 3.96. The molecule has 8 heteroatoms. The quantitative estimate of drug-likeness (QED) is 0.823. The maximum absolute atomic E-state index is 12.3. The zero-order valence-corrected chi connectivity index (χ0v) is 15.4. The van der Waals surface area contributed by atoms with Crippen LogP contribution in [0.5, 0.6) is 0 Å². The van der Waals surface area contributed by atoms with Crippen LogP contribution in [0.1, 0.15) is 25.7 Å². The van der Waals surface area contributed by atoms with Crippen molar-refractivity contribution in [2.75, 3.05) is 20.6 Å². The molecule has 114 valence electrons. The lowest BCUT2D eigenvalue weighted by atomic mass is 9.97. The summed E-state index contributed by atoms with van der Waals surface area (Å²) in [4.78, 5) is 2.14. The molecule has 1 fully saturated rings. The zero-order valence-electron chi connectivity index (χ0n) is 11.4. The molecule has 0 amide bonds. The standard InChI is InChI=1S/C12H18BrClN2O2S2/c1-16(2)12(5-3-4-6-12)8-15-20(17,18)10-7-9(14)11(13)19-10/h7,15H,3-6,8H2,1-2H3. The van der Waals surface area contributed by atoms with Gasteiger partial charge in [0.1, 0.15) is 4.21 Å². The van der Waals surface area contributed by atoms with Crippen molar-refractivity contribution in [3.8, 4) is 0 Å². The summed E-state index contributed by atoms with van der Waals surface area (Å²) in [6.45, 7) is 0.440. The van der Waals surface area contributed by atoms with Crippen LogP contribution in [0.25, 0.3) is 0 Å². The normalized spacial score (nSPS) is 18.9. The summed E-state index contributed by atoms with van der Waals surface area (Å²) in [5.74, 6) is 0. The number of rotatable bonds is 5. The minimum Gasteiger partial charge on any atom is -0.302 e. The van der Waals surface area contributed by atoms with Crippen molar-refractivity contribution in [1.82, 2.24) is 9.62 Å². The zero-order chi connectivity index (χ0) is 15.0. The van der Waals surface area contributed by atoms with Gasteiger partial charge in [-0.05, 0) is 48.9 Å². The fourth-order valence-corrected chi connectivity index (χ4v) is 6.14. The Bertz CT molecular complexity index is 561. The van der Waals surface area contributed by atoms with Gasteiger partial charge >= 0.3 is 0 Å². The number of nitrogens with zero attached hydrogens (tertiary/aromatic N) is 1. The molecule has 0 aromatic carbocycles. The highest BCUT2D eigenvalue weighted by Crippen LogP contribution is 2.36. The van der Waals surface area contributed by atoms with E-state index < -0.39 is 10.0 Å². The third kappa shape index (κ3) is 3.39. The highest BCUT2D eigenvalue weighted by molar-refractivity contribution is 9.11. The molecule has 1 aliphatic carbocycles. The Labute approximate surface area is 137 Å². The molecule has 0 unspecified atom stereocenters. The van der Waals surface area contributed by atoms with Gasteiger partial charge in [-0.25, -0.2) is 13.1 Å². The summed E-state index contributed by atoms with van der Waals surface area (Å²) in [6.07, 6.45) is 4.35. The molecule has 0 bridgehead atoms. The summed E-state index contributed by atoms with van der Waals surface area (Å²) in [6, 6.07) is 1.48. The van der Waals surface area contributed by atoms with Crippen LogP contribution >= 0.6 is 38.9 Å². The third-order valence-corrected chi connectivity index (χ3v) is 8.31. The molecule has 1 N–H and O–H groups in total. The Morgan fingerprint density at radius 3 is 2.50 bits per heavy atom. The average molecular weight is 402 g/mol. The molecule has 1 aromatic heterocycles. The first-order valence-corrected chi connectivity index (χ1v) is 9.86. The number of halogens is 2. The first kappa shape index (κ1) is 16.7. The lowest BCUT2D eigenvalue weighted by molar-refractivity contribution is 0.162. The summed E-state index contributed by atoms with van der Waals surface area (Å²) >= 11 is 10.3. The van der Waals surface area contributed by atoms with Crippen LogP contribution in [0.2, 0.25) is 5.02 Å². The van der Waals surface area contributed by atoms with Crippen LogP contribution in [-0.4, -0.2) is 39.5 Å². The number of likely N-dealkylation sites (N-methyl/N-ethyl adjacent to an activating group) is 1. The summed E-state index contributed by atoms with van der Waals surface area (Å²) in [5.41, 5.74) is -0.0641. The van der Waals surface area contributed by atoms with Crippen LogP contribution in [0, 0.1) is 0 Å². The maximum Gasteiger partial charge on any atom is 0.250 e. The van der Waals surface area contributed by atoms with E-state index >= 15 is 0 Å². The smallest absolute Gasteiger partial charge is 0.250 e. The van der Waals surface area contributed by atoms with Gasteiger partial charge in [-0.2, -0.15) is 0 Å². The van der Waals surface area contributed by atoms with Gasteiger partial charge < -0.3 is 4.90 Å². The lowest BCUT2D eigenvalue weighted by Crippen LogP contribution is -2.50. The van der Waals surface area contributed by atoms with Crippen LogP contribution in [-0.2, 0) is 10.0 Å². The van der Waals surface area contributed by atoms with Crippen molar-refractivity contribution in [3.05, 3.63) is 14.9 Å². The van der Waals surface area contributed by atoms with Gasteiger partial charge in [0.05, 0.1) is 8.81 Å². The second-order valence-electron chi connectivity index (χ2n) is 5.34. The van der Waals surface area contributed by atoms with E-state index in [4.69, 9.17) is 11.6 Å². The largest absolute Gasteiger partial charge is 0.302 e. The molecule has 1 aliphatic rings. The van der Waals surface area contributed by atoms with Crippen molar-refractivity contribution in [2.24, 2.45) is 0 Å². The van der Waals surface area contributed by atoms with E-state index in [-0.39, 0.29) is 9.75 Å². The molecular formula is C12H18BrClN2O2S2. The number of thiophene rings is 1. The molecule has 1 saturated carbocycles. The van der Waals surface area contributed by atoms with Crippen LogP contribution in [0.4, 0.5) is 0 Å². The number of hydrogen-bond donors (Lipinski definition) is 1. The minimum absolute atomic E-state index is 0.0641. The van der Waals surface area contributed by atoms with Crippen molar-refractivity contribution in [2.45, 2.75) is 35.4 Å². The molecular weight excluding hydrogens is 384 g/mol. The Morgan fingerprint density at radius 1 is 1.45 bits per heavy atom. The monoisotopic (exact) mass is 400 g/mol. The second kappa shape index (κ2) is 6.22. The first-order valence-electron chi connectivity index (χ1n) is 6.39. The van der Waals surface area contributed by atoms with Gasteiger partial charge in [-0.1, -0.05) is 24.4 Å². The number of hydrogen-bond acceptors (Lipinski definition) is 4. The fraction of sp³-hybridized carbons (Fsp3) is 0.667. The molecule has 0 atom stereocenters. The van der Waals surface area contributed by atoms with Gasteiger partial charge in [-0.3, -0.25) is 0 Å². The Morgan fingerprint density at radius 2 is 2.05 bits per heavy atom. The molecule has 4 nitrogen and oxygen atoms in total. The van der Waals surface area contributed by atoms with Crippen molar-refractivity contribution >= 4 is 48.9 Å². The van der Waals surface area contributed by atoms with E-state index in [9.17, 15) is 8.42 Å². The lowest BCUT2D eigenvalue weighted by Gasteiger charge is -2.36. The van der Waals surface area contributed by atoms with Crippen molar-refractivity contribution < 1.29 is 8.42 Å². The summed E-state index contributed by atoms with van der Waals surface area (Å²) in [7, 11) is 0.531. The van der Waals surface area contributed by atoms with Crippen LogP contribution < -0.4 is 4.72 Å². The van der Waals surface area contributed by atoms with Gasteiger partial charge in [0, 0.05) is 12.1 Å². The van der Waals surface area contributed by atoms with E-state index in [1.165, 1.54) is 6.07 Å². The molecule has 0 aliphatic heterocycles. The highest BCUT2D eigenvalue weighted by atomic mass is 79.9. The molecule has 2 rings (SSSR count). The van der Waals surface area contributed by atoms with Gasteiger partial charge in [0.15, 0.2) is 0 Å². The van der Waals surface area contributed by atoms with Crippen molar-refractivity contribution in [3.63, 3.8) is 0 Å². The van der Waals surface area contributed by atoms with Crippen molar-refractivity contribution in [1.29, 1.82) is 0 Å². The molecule has 0 saturated heterocycles. The van der Waals surface area contributed by atoms with E-state index in [2.05, 4.69) is 25.6 Å². The second-order valence-corrected chi connectivity index (χ2v) is 10.1. The number of nitrogens with one attached hydrogen (secondary N) is 1. The Hall–Kier alpha value is 0.340. The Kier molecular flexibility index (Phi) is 5.20. The topological polar surface area (TPSA) is 49.4 Å². The average Bonchev–Trinajstić information content (AvgIpc) is 2.96. The van der Waals surface area contributed by atoms with Gasteiger partial charge in [0.2, 0.25) is 10.0 Å². The molecule has 20 heavy (non-hydrogen) atoms. The molecule has 0 spiro atoms. The van der Waals surface area contributed by atoms with E-state index in [1.54, 1.807) is 0 Å². The van der Waals surface area contributed by atoms with Crippen LogP contribution in [0.3, 0.4) is 0 Å². The van der Waals surface area contributed by atoms with Crippen LogP contribution in [0.15, 0.2) is 14.1 Å². The van der Waals surface area contributed by atoms with E-state index in [0.29, 0.717) is 15.4 Å². The van der Waals surface area contributed by atoms with Gasteiger partial charge in [0.25, 0.3) is 0 Å². The fourth-order valence-electron chi connectivity index (χ4n) is 2.57. The summed E-state index contributed by atoms with van der Waals surface area (Å²) < 4.78 is 28.3. The number of sulfonamides is 1. The summed E-state index contributed by atoms with van der Waals surface area (Å²) in [5, 5.41) is 0.429. The maximum atomic E-state index is 12.3. The van der Waals surface area contributed by atoms with E-state index in [1.807, 2.05) is 14.1 Å². The highest BCUT2D eigenvalue weighted by Gasteiger charge is 2.37. The predicted octanol–water partition coefficient (Wildman–Crippen LogP) is 3.32. The van der Waals surface area contributed by atoms with E-state index in [0.717, 1.165) is 37.0 Å². The predicted molar refractivity (Wildman–Crippen MR) is 87.1 cm³/mol. The minimum atomic E-state index is -3.49. The first-order chi connectivity index (χ1) is 9.27. The SMILES string of the molecule is CN(C)C1(CNS(=O)(=O)c2cc(Cl)c(Br)s2)CCCC1. The Balaban J connectivity index is 2.13.